The van der Waals surface area contributed by atoms with Crippen molar-refractivity contribution in [1.29, 1.82) is 5.26 Å². The smallest absolute Gasteiger partial charge is 0.232 e. The van der Waals surface area contributed by atoms with Crippen LogP contribution >= 0.6 is 11.8 Å². The third-order valence-corrected chi connectivity index (χ3v) is 2.55. The van der Waals surface area contributed by atoms with Crippen LogP contribution < -0.4 is 0 Å². The van der Waals surface area contributed by atoms with Crippen LogP contribution in [0.5, 0.6) is 0 Å². The first kappa shape index (κ1) is 13.3. The number of hydrogen-bond acceptors (Lipinski definition) is 4. The van der Waals surface area contributed by atoms with E-state index in [0.717, 1.165) is 5.75 Å². The third kappa shape index (κ3) is 6.75. The average Bonchev–Trinajstić information content (AvgIpc) is 2.20. The van der Waals surface area contributed by atoms with Crippen LogP contribution in [0, 0.1) is 11.3 Å². The number of nitrogens with zero attached hydrogens (tertiary/aromatic N) is 2. The van der Waals surface area contributed by atoms with E-state index >= 15 is 0 Å². The van der Waals surface area contributed by atoms with Gasteiger partial charge in [0.05, 0.1) is 24.8 Å². The second kappa shape index (κ2) is 8.85. The Morgan fingerprint density at radius 1 is 1.64 bits per heavy atom. The zero-order chi connectivity index (χ0) is 10.8. The summed E-state index contributed by atoms with van der Waals surface area (Å²) >= 11 is 1.55. The molecule has 0 radical (unpaired) electrons. The highest BCUT2D eigenvalue weighted by molar-refractivity contribution is 7.99. The van der Waals surface area contributed by atoms with Crippen LogP contribution in [0.3, 0.4) is 0 Å². The van der Waals surface area contributed by atoms with Crippen LogP contribution in [0.15, 0.2) is 0 Å². The van der Waals surface area contributed by atoms with Crippen molar-refractivity contribution in [3.05, 3.63) is 0 Å². The van der Waals surface area contributed by atoms with Gasteiger partial charge in [0.1, 0.15) is 0 Å². The first-order valence-electron chi connectivity index (χ1n) is 4.40. The van der Waals surface area contributed by atoms with E-state index in [1.165, 1.54) is 0 Å². The number of nitriles is 1. The number of carbonyl (C=O) groups excluding carboxylic acids is 1. The fraction of sp³-hybridized carbons (Fsp3) is 0.778. The Kier molecular flexibility index (Phi) is 8.39. The lowest BCUT2D eigenvalue weighted by atomic mass is 10.4. The number of ether oxygens (including phenoxy) is 1. The van der Waals surface area contributed by atoms with Crippen molar-refractivity contribution in [3.8, 4) is 6.07 Å². The van der Waals surface area contributed by atoms with E-state index in [1.54, 1.807) is 30.8 Å². The van der Waals surface area contributed by atoms with E-state index in [0.29, 0.717) is 25.3 Å². The molecule has 0 fully saturated rings. The predicted molar refractivity (Wildman–Crippen MR) is 57.1 cm³/mol. The summed E-state index contributed by atoms with van der Waals surface area (Å²) < 4.78 is 4.86. The van der Waals surface area contributed by atoms with Crippen LogP contribution in [0.2, 0.25) is 0 Å². The standard InChI is InChI=1S/C9H16N2O2S/c1-11(5-3-4-10)9(12)8-14-7-6-13-2/h3,5-8H2,1-2H3. The molecule has 0 aromatic carbocycles. The summed E-state index contributed by atoms with van der Waals surface area (Å²) in [5.41, 5.74) is 0. The highest BCUT2D eigenvalue weighted by Crippen LogP contribution is 2.01. The van der Waals surface area contributed by atoms with Crippen molar-refractivity contribution in [2.24, 2.45) is 0 Å². The van der Waals surface area contributed by atoms with Gasteiger partial charge in [-0.05, 0) is 0 Å². The highest BCUT2D eigenvalue weighted by atomic mass is 32.2. The molecule has 0 atom stereocenters. The largest absolute Gasteiger partial charge is 0.384 e. The summed E-state index contributed by atoms with van der Waals surface area (Å²) in [6.45, 7) is 1.18. The molecule has 0 aromatic heterocycles. The fourth-order valence-electron chi connectivity index (χ4n) is 0.754. The summed E-state index contributed by atoms with van der Waals surface area (Å²) in [5, 5.41) is 8.33. The van der Waals surface area contributed by atoms with Gasteiger partial charge in [-0.2, -0.15) is 5.26 Å². The molecule has 80 valence electrons. The molecule has 0 rings (SSSR count). The molecule has 0 saturated carbocycles. The molecule has 14 heavy (non-hydrogen) atoms. The molecule has 0 aliphatic heterocycles. The van der Waals surface area contributed by atoms with Gasteiger partial charge in [0.2, 0.25) is 5.91 Å². The Morgan fingerprint density at radius 2 is 2.36 bits per heavy atom. The number of thioether (sulfide) groups is 1. The Hall–Kier alpha value is -0.730. The number of methoxy groups -OCH3 is 1. The molecule has 0 aliphatic carbocycles. The van der Waals surface area contributed by atoms with Gasteiger partial charge in [-0.3, -0.25) is 4.79 Å². The van der Waals surface area contributed by atoms with Crippen LogP contribution in [-0.2, 0) is 9.53 Å². The minimum absolute atomic E-state index is 0.0707. The molecule has 0 unspecified atom stereocenters. The number of amides is 1. The molecule has 4 nitrogen and oxygen atoms in total. The van der Waals surface area contributed by atoms with E-state index in [2.05, 4.69) is 0 Å². The van der Waals surface area contributed by atoms with Crippen molar-refractivity contribution in [2.45, 2.75) is 6.42 Å². The summed E-state index contributed by atoms with van der Waals surface area (Å²) in [7, 11) is 3.36. The second-order valence-corrected chi connectivity index (χ2v) is 3.87. The molecule has 0 heterocycles. The zero-order valence-electron chi connectivity index (χ0n) is 8.65. The molecule has 0 aliphatic rings. The van der Waals surface area contributed by atoms with E-state index in [1.807, 2.05) is 6.07 Å². The number of hydrogen-bond donors (Lipinski definition) is 0. The molecule has 0 saturated heterocycles. The van der Waals surface area contributed by atoms with Gasteiger partial charge in [0.25, 0.3) is 0 Å². The minimum Gasteiger partial charge on any atom is -0.384 e. The lowest BCUT2D eigenvalue weighted by molar-refractivity contribution is -0.127. The topological polar surface area (TPSA) is 53.3 Å². The highest BCUT2D eigenvalue weighted by Gasteiger charge is 2.07. The van der Waals surface area contributed by atoms with Gasteiger partial charge in [0.15, 0.2) is 0 Å². The summed E-state index contributed by atoms with van der Waals surface area (Å²) in [4.78, 5) is 13.0. The van der Waals surface area contributed by atoms with Gasteiger partial charge >= 0.3 is 0 Å². The maximum absolute atomic E-state index is 11.4. The second-order valence-electron chi connectivity index (χ2n) is 2.77. The van der Waals surface area contributed by atoms with Crippen LogP contribution in [0.25, 0.3) is 0 Å². The Labute approximate surface area is 89.2 Å². The van der Waals surface area contributed by atoms with Crippen LogP contribution in [0.1, 0.15) is 6.42 Å². The minimum atomic E-state index is 0.0707. The summed E-state index contributed by atoms with van der Waals surface area (Å²) in [6, 6.07) is 2.01. The first-order valence-corrected chi connectivity index (χ1v) is 5.55. The number of carbonyl (C=O) groups is 1. The first-order chi connectivity index (χ1) is 6.72. The van der Waals surface area contributed by atoms with Gasteiger partial charge in [0, 0.05) is 26.5 Å². The SMILES string of the molecule is COCCSCC(=O)N(C)CCC#N. The van der Waals surface area contributed by atoms with Gasteiger partial charge in [-0.1, -0.05) is 0 Å². The van der Waals surface area contributed by atoms with Crippen LogP contribution in [0.4, 0.5) is 0 Å². The maximum atomic E-state index is 11.4. The average molecular weight is 216 g/mol. The zero-order valence-corrected chi connectivity index (χ0v) is 9.47. The van der Waals surface area contributed by atoms with Crippen molar-refractivity contribution in [1.82, 2.24) is 4.90 Å². The monoisotopic (exact) mass is 216 g/mol. The number of rotatable bonds is 7. The van der Waals surface area contributed by atoms with E-state index in [-0.39, 0.29) is 5.91 Å². The normalized spacial score (nSPS) is 9.50. The maximum Gasteiger partial charge on any atom is 0.232 e. The summed E-state index contributed by atoms with van der Waals surface area (Å²) in [5.74, 6) is 1.36. The lowest BCUT2D eigenvalue weighted by Crippen LogP contribution is -2.29. The molecule has 0 spiro atoms. The Morgan fingerprint density at radius 3 is 2.93 bits per heavy atom. The molecular formula is C9H16N2O2S. The summed E-state index contributed by atoms with van der Waals surface area (Å²) in [6.07, 6.45) is 0.394. The molecular weight excluding hydrogens is 200 g/mol. The van der Waals surface area contributed by atoms with E-state index in [9.17, 15) is 4.79 Å². The quantitative estimate of drug-likeness (QED) is 0.589. The predicted octanol–water partition coefficient (Wildman–Crippen LogP) is 0.738. The molecule has 1 amide bonds. The van der Waals surface area contributed by atoms with Crippen LogP contribution in [-0.4, -0.2) is 49.6 Å². The molecule has 5 heteroatoms. The Bertz CT molecular complexity index is 203. The van der Waals surface area contributed by atoms with Gasteiger partial charge in [-0.15, -0.1) is 11.8 Å². The lowest BCUT2D eigenvalue weighted by Gasteiger charge is -2.14. The van der Waals surface area contributed by atoms with E-state index < -0.39 is 0 Å². The Balaban J connectivity index is 3.48. The van der Waals surface area contributed by atoms with Crippen molar-refractivity contribution < 1.29 is 9.53 Å². The van der Waals surface area contributed by atoms with Crippen molar-refractivity contribution >= 4 is 17.7 Å². The van der Waals surface area contributed by atoms with Gasteiger partial charge < -0.3 is 9.64 Å². The van der Waals surface area contributed by atoms with E-state index in [4.69, 9.17) is 10.00 Å². The van der Waals surface area contributed by atoms with Crippen molar-refractivity contribution in [2.75, 3.05) is 38.8 Å². The van der Waals surface area contributed by atoms with Gasteiger partial charge in [-0.25, -0.2) is 0 Å². The molecule has 0 aromatic rings. The van der Waals surface area contributed by atoms with Crippen molar-refractivity contribution in [3.63, 3.8) is 0 Å². The molecule has 0 bridgehead atoms. The fourth-order valence-corrected chi connectivity index (χ4v) is 1.58. The third-order valence-electron chi connectivity index (χ3n) is 1.64. The molecule has 0 N–H and O–H groups in total.